The molecule has 0 atom stereocenters. The first-order valence-corrected chi connectivity index (χ1v) is 10.1. The topological polar surface area (TPSA) is 21.1 Å². The zero-order valence-corrected chi connectivity index (χ0v) is 16.0. The first-order chi connectivity index (χ1) is 12.7. The lowest BCUT2D eigenvalue weighted by molar-refractivity contribution is 0.130. The van der Waals surface area contributed by atoms with Crippen LogP contribution in [0.1, 0.15) is 30.7 Å². The Hall–Kier alpha value is -1.84. The van der Waals surface area contributed by atoms with E-state index in [1.165, 1.54) is 36.2 Å². The lowest BCUT2D eigenvalue weighted by atomic mass is 9.91. The predicted octanol–water partition coefficient (Wildman–Crippen LogP) is 5.08. The number of benzene rings is 2. The Balaban J connectivity index is 1.47. The summed E-state index contributed by atoms with van der Waals surface area (Å²) in [5.41, 5.74) is 5.82. The third-order valence-corrected chi connectivity index (χ3v) is 6.56. The van der Waals surface area contributed by atoms with E-state index >= 15 is 0 Å². The van der Waals surface area contributed by atoms with Gasteiger partial charge in [0.05, 0.1) is 11.0 Å². The molecule has 1 aromatic heterocycles. The van der Waals surface area contributed by atoms with Crippen molar-refractivity contribution in [3.8, 4) is 11.1 Å². The van der Waals surface area contributed by atoms with Crippen molar-refractivity contribution in [2.45, 2.75) is 45.2 Å². The highest BCUT2D eigenvalue weighted by molar-refractivity contribution is 6.31. The van der Waals surface area contributed by atoms with Crippen LogP contribution in [0.4, 0.5) is 0 Å². The number of hydrogen-bond acceptors (Lipinski definition) is 2. The molecular formula is C22H24ClN3. The fourth-order valence-corrected chi connectivity index (χ4v) is 4.45. The van der Waals surface area contributed by atoms with Gasteiger partial charge in [0.2, 0.25) is 0 Å². The largest absolute Gasteiger partial charge is 0.327 e. The molecule has 26 heavy (non-hydrogen) atoms. The number of halogens is 1. The summed E-state index contributed by atoms with van der Waals surface area (Å²) in [6, 6.07) is 13.7. The summed E-state index contributed by atoms with van der Waals surface area (Å²) in [6.07, 6.45) is 5.22. The second-order valence-electron chi connectivity index (χ2n) is 7.72. The fraction of sp³-hybridized carbons (Fsp3) is 0.409. The van der Waals surface area contributed by atoms with Crippen LogP contribution in [0.3, 0.4) is 0 Å². The molecule has 3 aromatic rings. The summed E-state index contributed by atoms with van der Waals surface area (Å²) >= 11 is 6.31. The third-order valence-electron chi connectivity index (χ3n) is 6.16. The number of aromatic nitrogens is 2. The van der Waals surface area contributed by atoms with Gasteiger partial charge >= 0.3 is 0 Å². The average Bonchev–Trinajstić information content (AvgIpc) is 2.82. The van der Waals surface area contributed by atoms with Crippen molar-refractivity contribution < 1.29 is 0 Å². The summed E-state index contributed by atoms with van der Waals surface area (Å²) in [5.74, 6) is 1.24. The highest BCUT2D eigenvalue weighted by Gasteiger charge is 2.27. The zero-order valence-electron chi connectivity index (χ0n) is 15.2. The number of fused-ring (bicyclic) bond motifs is 3. The van der Waals surface area contributed by atoms with E-state index in [-0.39, 0.29) is 0 Å². The second kappa shape index (κ2) is 6.40. The number of rotatable bonds is 2. The van der Waals surface area contributed by atoms with Crippen LogP contribution >= 0.6 is 11.6 Å². The number of imidazole rings is 1. The molecule has 2 heterocycles. The van der Waals surface area contributed by atoms with Crippen LogP contribution in [-0.2, 0) is 13.0 Å². The predicted molar refractivity (Wildman–Crippen MR) is 108 cm³/mol. The highest BCUT2D eigenvalue weighted by Crippen LogP contribution is 2.30. The maximum atomic E-state index is 6.31. The van der Waals surface area contributed by atoms with Crippen molar-refractivity contribution in [2.24, 2.45) is 0 Å². The van der Waals surface area contributed by atoms with Gasteiger partial charge in [-0.1, -0.05) is 36.2 Å². The molecule has 5 rings (SSSR count). The SMILES string of the molecule is Cc1ccc(-c2ccc3c(c2)nc2n3CCN(C3CCC3)CC2)cc1Cl. The average molecular weight is 366 g/mol. The van der Waals surface area contributed by atoms with Crippen LogP contribution in [0.5, 0.6) is 0 Å². The number of aryl methyl sites for hydroxylation is 1. The minimum absolute atomic E-state index is 0.819. The molecule has 134 valence electrons. The Morgan fingerprint density at radius 1 is 1.00 bits per heavy atom. The molecule has 0 unspecified atom stereocenters. The van der Waals surface area contributed by atoms with E-state index in [0.717, 1.165) is 53.8 Å². The maximum Gasteiger partial charge on any atom is 0.111 e. The lowest BCUT2D eigenvalue weighted by Crippen LogP contribution is -2.41. The van der Waals surface area contributed by atoms with Gasteiger partial charge in [0, 0.05) is 37.1 Å². The molecule has 2 aromatic carbocycles. The zero-order chi connectivity index (χ0) is 17.7. The first kappa shape index (κ1) is 16.3. The normalized spacial score (nSPS) is 18.5. The summed E-state index contributed by atoms with van der Waals surface area (Å²) in [5, 5.41) is 0.819. The van der Waals surface area contributed by atoms with E-state index < -0.39 is 0 Å². The Bertz CT molecular complexity index is 971. The van der Waals surface area contributed by atoms with Gasteiger partial charge in [-0.25, -0.2) is 4.98 Å². The fourth-order valence-electron chi connectivity index (χ4n) is 4.27. The molecule has 1 aliphatic carbocycles. The van der Waals surface area contributed by atoms with Crippen molar-refractivity contribution in [3.05, 3.63) is 52.8 Å². The highest BCUT2D eigenvalue weighted by atomic mass is 35.5. The van der Waals surface area contributed by atoms with E-state index in [1.54, 1.807) is 0 Å². The molecule has 1 saturated carbocycles. The van der Waals surface area contributed by atoms with E-state index in [9.17, 15) is 0 Å². The molecule has 0 amide bonds. The van der Waals surface area contributed by atoms with E-state index in [0.29, 0.717) is 0 Å². The minimum atomic E-state index is 0.819. The standard InChI is InChI=1S/C22H24ClN3/c1-15-5-6-16(13-19(15)23)17-7-8-21-20(14-17)24-22-9-10-25(11-12-26(21)22)18-3-2-4-18/h5-8,13-14,18H,2-4,9-12H2,1H3. The Morgan fingerprint density at radius 2 is 1.81 bits per heavy atom. The molecule has 4 heteroatoms. The molecule has 1 aliphatic heterocycles. The molecule has 2 aliphatic rings. The minimum Gasteiger partial charge on any atom is -0.327 e. The molecule has 0 radical (unpaired) electrons. The van der Waals surface area contributed by atoms with Crippen LogP contribution in [0.25, 0.3) is 22.2 Å². The van der Waals surface area contributed by atoms with Gasteiger partial charge in [-0.15, -0.1) is 0 Å². The van der Waals surface area contributed by atoms with Crippen molar-refractivity contribution in [1.82, 2.24) is 14.5 Å². The quantitative estimate of drug-likeness (QED) is 0.631. The monoisotopic (exact) mass is 365 g/mol. The third kappa shape index (κ3) is 2.74. The van der Waals surface area contributed by atoms with E-state index in [1.807, 2.05) is 6.92 Å². The van der Waals surface area contributed by atoms with Crippen LogP contribution in [0, 0.1) is 6.92 Å². The van der Waals surface area contributed by atoms with Gasteiger partial charge in [0.25, 0.3) is 0 Å². The summed E-state index contributed by atoms with van der Waals surface area (Å²) in [6.45, 7) is 5.39. The summed E-state index contributed by atoms with van der Waals surface area (Å²) in [7, 11) is 0. The molecule has 0 N–H and O–H groups in total. The van der Waals surface area contributed by atoms with Gasteiger partial charge in [-0.2, -0.15) is 0 Å². The Kier molecular flexibility index (Phi) is 4.02. The second-order valence-corrected chi connectivity index (χ2v) is 8.13. The van der Waals surface area contributed by atoms with Crippen molar-refractivity contribution >= 4 is 22.6 Å². The van der Waals surface area contributed by atoms with Crippen molar-refractivity contribution in [2.75, 3.05) is 13.1 Å². The van der Waals surface area contributed by atoms with Gasteiger partial charge in [-0.3, -0.25) is 4.90 Å². The first-order valence-electron chi connectivity index (χ1n) is 9.69. The Morgan fingerprint density at radius 3 is 2.58 bits per heavy atom. The van der Waals surface area contributed by atoms with E-state index in [4.69, 9.17) is 16.6 Å². The van der Waals surface area contributed by atoms with Gasteiger partial charge in [-0.05, 0) is 54.7 Å². The van der Waals surface area contributed by atoms with Crippen LogP contribution in [0.2, 0.25) is 5.02 Å². The molecule has 0 spiro atoms. The van der Waals surface area contributed by atoms with E-state index in [2.05, 4.69) is 45.9 Å². The van der Waals surface area contributed by atoms with Gasteiger partial charge in [0.15, 0.2) is 0 Å². The summed E-state index contributed by atoms with van der Waals surface area (Å²) in [4.78, 5) is 7.65. The number of nitrogens with zero attached hydrogens (tertiary/aromatic N) is 3. The molecule has 0 bridgehead atoms. The van der Waals surface area contributed by atoms with Crippen LogP contribution < -0.4 is 0 Å². The molecule has 0 saturated heterocycles. The smallest absolute Gasteiger partial charge is 0.111 e. The maximum absolute atomic E-state index is 6.31. The lowest BCUT2D eigenvalue weighted by Gasteiger charge is -2.36. The summed E-state index contributed by atoms with van der Waals surface area (Å²) < 4.78 is 2.43. The van der Waals surface area contributed by atoms with Gasteiger partial charge in [0.1, 0.15) is 5.82 Å². The van der Waals surface area contributed by atoms with Gasteiger partial charge < -0.3 is 4.57 Å². The van der Waals surface area contributed by atoms with Crippen molar-refractivity contribution in [3.63, 3.8) is 0 Å². The van der Waals surface area contributed by atoms with Crippen LogP contribution in [-0.4, -0.2) is 33.6 Å². The Labute approximate surface area is 159 Å². The molecular weight excluding hydrogens is 342 g/mol. The number of hydrogen-bond donors (Lipinski definition) is 0. The molecule has 3 nitrogen and oxygen atoms in total. The van der Waals surface area contributed by atoms with Crippen LogP contribution in [0.15, 0.2) is 36.4 Å². The van der Waals surface area contributed by atoms with Crippen molar-refractivity contribution in [1.29, 1.82) is 0 Å². The molecule has 1 fully saturated rings.